The molecule has 0 fully saturated rings. The minimum atomic E-state index is -0.314. The molecule has 3 N–H and O–H groups in total. The monoisotopic (exact) mass is 326 g/mol. The molecule has 2 aromatic rings. The molecule has 0 saturated heterocycles. The molecule has 0 bridgehead atoms. The van der Waals surface area contributed by atoms with Crippen molar-refractivity contribution in [1.29, 1.82) is 0 Å². The fourth-order valence-corrected chi connectivity index (χ4v) is 2.26. The second-order valence-electron chi connectivity index (χ2n) is 6.37. The summed E-state index contributed by atoms with van der Waals surface area (Å²) < 4.78 is 5.72. The zero-order chi connectivity index (χ0) is 17.4. The summed E-state index contributed by atoms with van der Waals surface area (Å²) in [4.78, 5) is 10.9. The van der Waals surface area contributed by atoms with Gasteiger partial charge >= 0.3 is 0 Å². The van der Waals surface area contributed by atoms with Gasteiger partial charge in [0.05, 0.1) is 13.0 Å². The summed E-state index contributed by atoms with van der Waals surface area (Å²) in [5.74, 6) is 1.25. The van der Waals surface area contributed by atoms with Crippen molar-refractivity contribution in [3.8, 4) is 5.75 Å². The first-order chi connectivity index (χ1) is 11.5. The van der Waals surface area contributed by atoms with Crippen molar-refractivity contribution >= 4 is 11.6 Å². The number of hydrogen-bond donors (Lipinski definition) is 2. The largest absolute Gasteiger partial charge is 0.494 e. The lowest BCUT2D eigenvalue weighted by Crippen LogP contribution is -2.13. The van der Waals surface area contributed by atoms with Gasteiger partial charge in [-0.1, -0.05) is 38.1 Å². The first-order valence-corrected chi connectivity index (χ1v) is 8.36. The Bertz CT molecular complexity index is 634. The van der Waals surface area contributed by atoms with Crippen LogP contribution in [-0.2, 0) is 17.8 Å². The van der Waals surface area contributed by atoms with E-state index in [2.05, 4.69) is 31.3 Å². The summed E-state index contributed by atoms with van der Waals surface area (Å²) >= 11 is 0. The highest BCUT2D eigenvalue weighted by molar-refractivity contribution is 5.76. The number of anilines is 1. The Morgan fingerprint density at radius 3 is 2.25 bits per heavy atom. The highest BCUT2D eigenvalue weighted by Crippen LogP contribution is 2.15. The normalized spacial score (nSPS) is 10.6. The molecule has 4 nitrogen and oxygen atoms in total. The standard InChI is InChI=1S/C20H26N2O2/c1-15(2)11-12-24-19-9-5-17(6-10-19)14-22-18-7-3-16(4-8-18)13-20(21)23/h3-10,15,22H,11-14H2,1-2H3,(H2,21,23). The fraction of sp³-hybridized carbons (Fsp3) is 0.350. The molecule has 0 spiro atoms. The van der Waals surface area contributed by atoms with E-state index in [1.54, 1.807) is 0 Å². The van der Waals surface area contributed by atoms with Crippen molar-refractivity contribution < 1.29 is 9.53 Å². The van der Waals surface area contributed by atoms with E-state index >= 15 is 0 Å². The topological polar surface area (TPSA) is 64.3 Å². The quantitative estimate of drug-likeness (QED) is 0.737. The van der Waals surface area contributed by atoms with Gasteiger partial charge in [-0.15, -0.1) is 0 Å². The molecule has 128 valence electrons. The van der Waals surface area contributed by atoms with Gasteiger partial charge in [0.2, 0.25) is 5.91 Å². The maximum atomic E-state index is 10.9. The number of nitrogens with one attached hydrogen (secondary N) is 1. The van der Waals surface area contributed by atoms with Crippen LogP contribution in [0, 0.1) is 5.92 Å². The van der Waals surface area contributed by atoms with Crippen LogP contribution in [0.15, 0.2) is 48.5 Å². The van der Waals surface area contributed by atoms with Gasteiger partial charge in [-0.25, -0.2) is 0 Å². The third-order valence-electron chi connectivity index (χ3n) is 3.72. The highest BCUT2D eigenvalue weighted by Gasteiger charge is 2.00. The van der Waals surface area contributed by atoms with Gasteiger partial charge in [0, 0.05) is 12.2 Å². The summed E-state index contributed by atoms with van der Waals surface area (Å²) in [5, 5.41) is 3.36. The van der Waals surface area contributed by atoms with Crippen molar-refractivity contribution in [1.82, 2.24) is 0 Å². The Morgan fingerprint density at radius 1 is 1.04 bits per heavy atom. The predicted molar refractivity (Wildman–Crippen MR) is 98.1 cm³/mol. The number of ether oxygens (including phenoxy) is 1. The van der Waals surface area contributed by atoms with E-state index in [9.17, 15) is 4.79 Å². The SMILES string of the molecule is CC(C)CCOc1ccc(CNc2ccc(CC(N)=O)cc2)cc1. The van der Waals surface area contributed by atoms with Crippen LogP contribution in [0.4, 0.5) is 5.69 Å². The van der Waals surface area contributed by atoms with Gasteiger partial charge in [0.25, 0.3) is 0 Å². The maximum absolute atomic E-state index is 10.9. The molecule has 0 saturated carbocycles. The molecule has 2 rings (SSSR count). The average molecular weight is 326 g/mol. The lowest BCUT2D eigenvalue weighted by Gasteiger charge is -2.10. The fourth-order valence-electron chi connectivity index (χ4n) is 2.26. The minimum Gasteiger partial charge on any atom is -0.494 e. The first-order valence-electron chi connectivity index (χ1n) is 8.36. The van der Waals surface area contributed by atoms with Crippen molar-refractivity contribution in [2.24, 2.45) is 11.7 Å². The van der Waals surface area contributed by atoms with E-state index in [-0.39, 0.29) is 12.3 Å². The van der Waals surface area contributed by atoms with Crippen LogP contribution in [0.25, 0.3) is 0 Å². The van der Waals surface area contributed by atoms with E-state index in [0.717, 1.165) is 36.6 Å². The first kappa shape index (κ1) is 17.9. The summed E-state index contributed by atoms with van der Waals surface area (Å²) in [7, 11) is 0. The number of primary amides is 1. The molecule has 0 radical (unpaired) electrons. The Morgan fingerprint density at radius 2 is 1.67 bits per heavy atom. The summed E-state index contributed by atoms with van der Waals surface area (Å²) in [5.41, 5.74) is 8.32. The third kappa shape index (κ3) is 6.32. The lowest BCUT2D eigenvalue weighted by molar-refractivity contribution is -0.117. The summed E-state index contributed by atoms with van der Waals surface area (Å²) in [6, 6.07) is 15.9. The molecule has 24 heavy (non-hydrogen) atoms. The third-order valence-corrected chi connectivity index (χ3v) is 3.72. The Kier molecular flexibility index (Phi) is 6.67. The number of nitrogens with two attached hydrogens (primary N) is 1. The number of hydrogen-bond acceptors (Lipinski definition) is 3. The van der Waals surface area contributed by atoms with Crippen molar-refractivity contribution in [3.05, 3.63) is 59.7 Å². The summed E-state index contributed by atoms with van der Waals surface area (Å²) in [6.45, 7) is 5.88. The predicted octanol–water partition coefficient (Wildman–Crippen LogP) is 3.75. The number of amides is 1. The Balaban J connectivity index is 1.80. The molecule has 0 atom stereocenters. The van der Waals surface area contributed by atoms with Crippen LogP contribution >= 0.6 is 0 Å². The van der Waals surface area contributed by atoms with Crippen LogP contribution in [-0.4, -0.2) is 12.5 Å². The molecule has 2 aromatic carbocycles. The van der Waals surface area contributed by atoms with Crippen molar-refractivity contribution in [2.75, 3.05) is 11.9 Å². The Hall–Kier alpha value is -2.49. The molecule has 0 aliphatic heterocycles. The molecule has 0 heterocycles. The van der Waals surface area contributed by atoms with Gasteiger partial charge in [0.15, 0.2) is 0 Å². The Labute approximate surface area is 144 Å². The van der Waals surface area contributed by atoms with E-state index in [0.29, 0.717) is 5.92 Å². The number of benzene rings is 2. The number of carbonyl (C=O) groups excluding carboxylic acids is 1. The second-order valence-corrected chi connectivity index (χ2v) is 6.37. The van der Waals surface area contributed by atoms with Gasteiger partial charge < -0.3 is 15.8 Å². The van der Waals surface area contributed by atoms with Crippen LogP contribution in [0.1, 0.15) is 31.4 Å². The second kappa shape index (κ2) is 8.96. The maximum Gasteiger partial charge on any atom is 0.221 e. The number of rotatable bonds is 9. The van der Waals surface area contributed by atoms with Crippen molar-refractivity contribution in [2.45, 2.75) is 33.2 Å². The lowest BCUT2D eigenvalue weighted by atomic mass is 10.1. The van der Waals surface area contributed by atoms with Crippen LogP contribution in [0.2, 0.25) is 0 Å². The molecule has 0 aromatic heterocycles. The van der Waals surface area contributed by atoms with Gasteiger partial charge in [-0.3, -0.25) is 4.79 Å². The van der Waals surface area contributed by atoms with Gasteiger partial charge in [-0.05, 0) is 47.7 Å². The minimum absolute atomic E-state index is 0.276. The molecular weight excluding hydrogens is 300 g/mol. The molecular formula is C20H26N2O2. The summed E-state index contributed by atoms with van der Waals surface area (Å²) in [6.07, 6.45) is 1.34. The van der Waals surface area contributed by atoms with E-state index in [1.165, 1.54) is 5.56 Å². The molecule has 0 aliphatic rings. The smallest absolute Gasteiger partial charge is 0.221 e. The zero-order valence-electron chi connectivity index (χ0n) is 14.4. The molecule has 1 amide bonds. The van der Waals surface area contributed by atoms with Gasteiger partial charge in [0.1, 0.15) is 5.75 Å². The van der Waals surface area contributed by atoms with Crippen molar-refractivity contribution in [3.63, 3.8) is 0 Å². The van der Waals surface area contributed by atoms with E-state index in [1.807, 2.05) is 36.4 Å². The molecule has 4 heteroatoms. The van der Waals surface area contributed by atoms with Crippen LogP contribution in [0.3, 0.4) is 0 Å². The van der Waals surface area contributed by atoms with E-state index < -0.39 is 0 Å². The zero-order valence-corrected chi connectivity index (χ0v) is 14.4. The highest BCUT2D eigenvalue weighted by atomic mass is 16.5. The molecule has 0 unspecified atom stereocenters. The van der Waals surface area contributed by atoms with Gasteiger partial charge in [-0.2, -0.15) is 0 Å². The average Bonchev–Trinajstić information content (AvgIpc) is 2.54. The van der Waals surface area contributed by atoms with Crippen LogP contribution < -0.4 is 15.8 Å². The van der Waals surface area contributed by atoms with Crippen LogP contribution in [0.5, 0.6) is 5.75 Å². The molecule has 0 aliphatic carbocycles. The van der Waals surface area contributed by atoms with E-state index in [4.69, 9.17) is 10.5 Å². The number of carbonyl (C=O) groups is 1.